The molecule has 2 unspecified atom stereocenters. The number of carboxylic acid groups (broad SMARTS) is 1. The quantitative estimate of drug-likeness (QED) is 0.0191. The molecule has 4 fully saturated rings. The van der Waals surface area contributed by atoms with Gasteiger partial charge in [0.15, 0.2) is 22.1 Å². The number of carbonyl (C=O) groups is 1. The number of carboxylic acids is 1. The Morgan fingerprint density at radius 1 is 0.947 bits per heavy atom. The van der Waals surface area contributed by atoms with Crippen LogP contribution in [0.2, 0.25) is 25.7 Å². The van der Waals surface area contributed by atoms with Crippen molar-refractivity contribution in [1.29, 1.82) is 0 Å². The highest BCUT2D eigenvalue weighted by molar-refractivity contribution is 7.16. The van der Waals surface area contributed by atoms with E-state index in [-0.39, 0.29) is 34.1 Å². The number of rotatable bonds is 24. The van der Waals surface area contributed by atoms with Gasteiger partial charge in [0.05, 0.1) is 42.3 Å². The lowest BCUT2D eigenvalue weighted by Gasteiger charge is -2.69. The van der Waals surface area contributed by atoms with E-state index in [9.17, 15) is 15.0 Å². The first-order valence-electron chi connectivity index (χ1n) is 26.4. The SMILES string of the molecule is COc1ccc(Cc2cc(N(CCCCCN=[N+]=[N-])c3cc(C)c(N=c4sc5ccccc5n4COCC[Si](C)(C)C)nn3)nc(C(=O)O)c2-c2cnn(CC34CC5(C)CC(C)(C3)CC(OCCO)(C5)C4)c2C)cc1. The summed E-state index contributed by atoms with van der Waals surface area (Å²) in [6.07, 6.45) is 10.5. The maximum absolute atomic E-state index is 13.8. The fraction of sp³-hybridized carbons (Fsp3) is 0.536. The van der Waals surface area contributed by atoms with Crippen LogP contribution >= 0.6 is 11.3 Å². The molecule has 4 aliphatic rings. The highest BCUT2D eigenvalue weighted by Gasteiger charge is 2.66. The average Bonchev–Trinajstić information content (AvgIpc) is 3.93. The first-order valence-corrected chi connectivity index (χ1v) is 30.9. The molecule has 2 N–H and O–H groups in total. The Kier molecular flexibility index (Phi) is 15.8. The molecule has 6 aromatic rings. The van der Waals surface area contributed by atoms with Gasteiger partial charge in [-0.1, -0.05) is 80.6 Å². The van der Waals surface area contributed by atoms with Crippen molar-refractivity contribution >= 4 is 53.1 Å². The lowest BCUT2D eigenvalue weighted by molar-refractivity contribution is -0.250. The van der Waals surface area contributed by atoms with Crippen molar-refractivity contribution in [1.82, 2.24) is 29.5 Å². The molecule has 0 radical (unpaired) electrons. The fourth-order valence-electron chi connectivity index (χ4n) is 13.4. The molecule has 75 heavy (non-hydrogen) atoms. The maximum atomic E-state index is 13.8. The van der Waals surface area contributed by atoms with Gasteiger partial charge in [-0.2, -0.15) is 10.1 Å². The molecule has 19 heteroatoms. The fourth-order valence-corrected chi connectivity index (χ4v) is 15.2. The molecule has 4 aliphatic carbocycles. The monoisotopic (exact) mass is 1060 g/mol. The number of para-hydroxylation sites is 1. The number of aromatic carboxylic acids is 1. The highest BCUT2D eigenvalue weighted by Crippen LogP contribution is 2.72. The van der Waals surface area contributed by atoms with E-state index in [1.807, 2.05) is 73.5 Å². The second-order valence-corrected chi connectivity index (χ2v) is 30.2. The molecule has 4 aromatic heterocycles. The van der Waals surface area contributed by atoms with E-state index in [1.54, 1.807) is 18.4 Å². The number of unbranched alkanes of at least 4 members (excludes halogenated alkanes) is 2. The second-order valence-electron chi connectivity index (χ2n) is 23.5. The summed E-state index contributed by atoms with van der Waals surface area (Å²) < 4.78 is 23.6. The average molecular weight is 1060 g/mol. The molecule has 4 heterocycles. The number of aliphatic hydroxyl groups is 1. The van der Waals surface area contributed by atoms with Crippen LogP contribution in [0.3, 0.4) is 0 Å². The molecule has 0 aliphatic heterocycles. The summed E-state index contributed by atoms with van der Waals surface area (Å²) in [7, 11) is 0.347. The van der Waals surface area contributed by atoms with Crippen LogP contribution in [0.25, 0.3) is 31.8 Å². The molecule has 398 valence electrons. The Morgan fingerprint density at radius 3 is 2.40 bits per heavy atom. The van der Waals surface area contributed by atoms with Crippen molar-refractivity contribution in [3.63, 3.8) is 0 Å². The topological polar surface area (TPSA) is 211 Å². The molecule has 0 spiro atoms. The van der Waals surface area contributed by atoms with Crippen LogP contribution < -0.4 is 14.4 Å². The minimum atomic E-state index is -1.29. The van der Waals surface area contributed by atoms with Crippen molar-refractivity contribution in [3.8, 4) is 16.9 Å². The van der Waals surface area contributed by atoms with Gasteiger partial charge >= 0.3 is 5.97 Å². The lowest BCUT2D eigenvalue weighted by atomic mass is 9.39. The second kappa shape index (κ2) is 22.0. The Hall–Kier alpha value is -5.95. The zero-order chi connectivity index (χ0) is 53.2. The minimum Gasteiger partial charge on any atom is -0.497 e. The number of hydrogen-bond donors (Lipinski definition) is 2. The van der Waals surface area contributed by atoms with Gasteiger partial charge in [-0.05, 0) is 153 Å². The summed E-state index contributed by atoms with van der Waals surface area (Å²) in [4.78, 5) is 29.5. The molecule has 0 amide bonds. The third-order valence-corrected chi connectivity index (χ3v) is 18.3. The van der Waals surface area contributed by atoms with Crippen LogP contribution in [-0.2, 0) is 29.2 Å². The third-order valence-electron chi connectivity index (χ3n) is 15.6. The molecular weight excluding hydrogens is 983 g/mol. The van der Waals surface area contributed by atoms with E-state index in [1.165, 1.54) is 0 Å². The number of pyridine rings is 1. The number of aromatic nitrogens is 6. The van der Waals surface area contributed by atoms with Gasteiger partial charge in [-0.15, -0.1) is 10.2 Å². The van der Waals surface area contributed by atoms with Gasteiger partial charge < -0.3 is 29.3 Å². The molecule has 0 saturated heterocycles. The standard InChI is InChI=1S/C56H73N11O6SSi/c1-38-26-47(62-63-50(38)61-52-66(37-72-24-25-75(6,7)8)44-14-10-11-15-45(44)74-52)65(21-13-9-12-20-58-64-57)46-28-41(27-40-16-18-42(71-5)19-17-40)48(49(60-46)51(69)70)43-29-59-67(39(43)2)36-55-31-53(3)30-54(4,32-55)34-56(33-53,35-55)73-23-22-68/h10-11,14-19,26,28-29,68H,9,12-13,20-25,27,30-37H2,1-8H3,(H,69,70). The summed E-state index contributed by atoms with van der Waals surface area (Å²) in [5.41, 5.74) is 14.4. The number of methoxy groups -OCH3 is 1. The van der Waals surface area contributed by atoms with Crippen molar-refractivity contribution in [3.05, 3.63) is 110 Å². The molecule has 4 bridgehead atoms. The third kappa shape index (κ3) is 12.0. The Labute approximate surface area is 444 Å². The molecule has 4 saturated carbocycles. The van der Waals surface area contributed by atoms with Crippen LogP contribution in [0.1, 0.15) is 105 Å². The van der Waals surface area contributed by atoms with E-state index in [0.29, 0.717) is 81.9 Å². The van der Waals surface area contributed by atoms with E-state index in [0.717, 1.165) is 99.7 Å². The van der Waals surface area contributed by atoms with Gasteiger partial charge in [0.25, 0.3) is 0 Å². The van der Waals surface area contributed by atoms with Crippen LogP contribution in [-0.4, -0.2) is 99.4 Å². The van der Waals surface area contributed by atoms with Gasteiger partial charge in [0.1, 0.15) is 18.3 Å². The summed E-state index contributed by atoms with van der Waals surface area (Å²) in [6.45, 7) is 18.7. The number of aryl methyl sites for hydroxylation is 1. The largest absolute Gasteiger partial charge is 0.497 e. The molecule has 2 aromatic carbocycles. The van der Waals surface area contributed by atoms with Crippen LogP contribution in [0.5, 0.6) is 5.75 Å². The minimum absolute atomic E-state index is 0.00283. The van der Waals surface area contributed by atoms with E-state index in [4.69, 9.17) is 45.0 Å². The van der Waals surface area contributed by atoms with Crippen molar-refractivity contribution in [2.75, 3.05) is 44.9 Å². The maximum Gasteiger partial charge on any atom is 0.355 e. The van der Waals surface area contributed by atoms with Crippen LogP contribution in [0.15, 0.2) is 77.0 Å². The van der Waals surface area contributed by atoms with Crippen molar-refractivity contribution in [2.45, 2.75) is 136 Å². The number of hydrogen-bond acceptors (Lipinski definition) is 13. The first kappa shape index (κ1) is 53.9. The number of benzene rings is 2. The number of anilines is 2. The first-order chi connectivity index (χ1) is 35.8. The van der Waals surface area contributed by atoms with Crippen LogP contribution in [0, 0.1) is 30.1 Å². The molecule has 10 rings (SSSR count). The Bertz CT molecular complexity index is 3140. The zero-order valence-corrected chi connectivity index (χ0v) is 46.8. The summed E-state index contributed by atoms with van der Waals surface area (Å²) in [6, 6.07) is 21.0. The number of thiazole rings is 1. The zero-order valence-electron chi connectivity index (χ0n) is 44.9. The van der Waals surface area contributed by atoms with E-state index in [2.05, 4.69) is 64.9 Å². The smallest absolute Gasteiger partial charge is 0.355 e. The number of aliphatic hydroxyl groups excluding tert-OH is 1. The summed E-state index contributed by atoms with van der Waals surface area (Å²) >= 11 is 1.57. The Morgan fingerprint density at radius 2 is 1.71 bits per heavy atom. The lowest BCUT2D eigenvalue weighted by Crippen LogP contribution is -2.64. The van der Waals surface area contributed by atoms with E-state index < -0.39 is 14.0 Å². The molecule has 17 nitrogen and oxygen atoms in total. The normalized spacial score (nSPS) is 22.2. The molecular formula is C56H73N11O6SSi. The predicted molar refractivity (Wildman–Crippen MR) is 296 cm³/mol. The summed E-state index contributed by atoms with van der Waals surface area (Å²) in [5.74, 6) is 0.931. The van der Waals surface area contributed by atoms with Gasteiger partial charge in [-0.25, -0.2) is 9.78 Å². The van der Waals surface area contributed by atoms with Gasteiger partial charge in [0.2, 0.25) is 0 Å². The number of azide groups is 1. The van der Waals surface area contributed by atoms with Crippen molar-refractivity contribution < 1.29 is 29.2 Å². The summed E-state index contributed by atoms with van der Waals surface area (Å²) in [5, 5.41) is 39.5. The number of ether oxygens (including phenoxy) is 3. The van der Waals surface area contributed by atoms with Crippen LogP contribution in [0.4, 0.5) is 17.5 Å². The number of fused-ring (bicyclic) bond motifs is 1. The van der Waals surface area contributed by atoms with Gasteiger partial charge in [-0.3, -0.25) is 9.25 Å². The molecule has 2 atom stereocenters. The Balaban J connectivity index is 1.11. The predicted octanol–water partition coefficient (Wildman–Crippen LogP) is 12.0. The van der Waals surface area contributed by atoms with E-state index >= 15 is 0 Å². The van der Waals surface area contributed by atoms with Gasteiger partial charge in [0, 0.05) is 56.0 Å². The number of nitrogens with zero attached hydrogens (tertiary/aromatic N) is 11. The highest BCUT2D eigenvalue weighted by atomic mass is 32.1. The van der Waals surface area contributed by atoms with Crippen molar-refractivity contribution in [2.24, 2.45) is 26.4 Å².